The van der Waals surface area contributed by atoms with Gasteiger partial charge in [-0.05, 0) is 55.6 Å². The second kappa shape index (κ2) is 8.87. The van der Waals surface area contributed by atoms with Gasteiger partial charge in [-0.2, -0.15) is 0 Å². The van der Waals surface area contributed by atoms with Crippen LogP contribution in [0.2, 0.25) is 0 Å². The molecule has 0 aliphatic heterocycles. The van der Waals surface area contributed by atoms with Gasteiger partial charge < -0.3 is 31.1 Å². The Morgan fingerprint density at radius 1 is 1.11 bits per heavy atom. The van der Waals surface area contributed by atoms with Gasteiger partial charge in [0, 0.05) is 23.1 Å². The fraction of sp³-hybridized carbons (Fsp3) is 0.357. The molecule has 0 radical (unpaired) electrons. The number of nitrogens with zero attached hydrogens (tertiary/aromatic N) is 1. The van der Waals surface area contributed by atoms with Crippen LogP contribution >= 0.6 is 0 Å². The van der Waals surface area contributed by atoms with Gasteiger partial charge in [-0.3, -0.25) is 19.2 Å². The summed E-state index contributed by atoms with van der Waals surface area (Å²) in [5.74, 6) is -7.79. The van der Waals surface area contributed by atoms with E-state index in [2.05, 4.69) is 0 Å². The van der Waals surface area contributed by atoms with Gasteiger partial charge in [0.1, 0.15) is 23.7 Å². The zero-order valence-corrected chi connectivity index (χ0v) is 20.8. The van der Waals surface area contributed by atoms with Crippen LogP contribution in [0.25, 0.3) is 16.9 Å². The van der Waals surface area contributed by atoms with E-state index in [1.807, 2.05) is 0 Å². The Balaban J connectivity index is 1.69. The van der Waals surface area contributed by atoms with Crippen molar-refractivity contribution in [2.75, 3.05) is 14.1 Å². The first-order chi connectivity index (χ1) is 17.9. The number of amides is 1. The van der Waals surface area contributed by atoms with Gasteiger partial charge in [-0.1, -0.05) is 30.3 Å². The lowest BCUT2D eigenvalue weighted by molar-refractivity contribution is -0.184. The first kappa shape index (κ1) is 25.8. The van der Waals surface area contributed by atoms with E-state index in [1.165, 1.54) is 6.07 Å². The molecular weight excluding hydrogens is 492 g/mol. The van der Waals surface area contributed by atoms with Gasteiger partial charge >= 0.3 is 0 Å². The second-order valence-corrected chi connectivity index (χ2v) is 10.5. The normalized spacial score (nSPS) is 30.5. The Labute approximate surface area is 218 Å². The Hall–Kier alpha value is -3.86. The molecule has 2 aromatic carbocycles. The minimum atomic E-state index is -2.69. The number of hydrogen-bond donors (Lipinski definition) is 5. The molecule has 3 aliphatic carbocycles. The van der Waals surface area contributed by atoms with E-state index in [9.17, 15) is 39.6 Å². The number of rotatable bonds is 4. The number of ketones is 2. The summed E-state index contributed by atoms with van der Waals surface area (Å²) >= 11 is 0. The molecule has 0 bridgehead atoms. The maximum Gasteiger partial charge on any atom is 0.230 e. The second-order valence-electron chi connectivity index (χ2n) is 10.5. The van der Waals surface area contributed by atoms with Crippen molar-refractivity contribution in [1.82, 2.24) is 4.90 Å². The van der Waals surface area contributed by atoms with E-state index in [0.717, 1.165) is 11.8 Å². The highest BCUT2D eigenvalue weighted by molar-refractivity contribution is 6.25. The molecule has 0 saturated heterocycles. The number of phenols is 1. The third-order valence-corrected chi connectivity index (χ3v) is 8.33. The molecule has 0 spiro atoms. The number of benzene rings is 2. The molecular formula is C28H28N2O8. The predicted octanol–water partition coefficient (Wildman–Crippen LogP) is 0.609. The number of aliphatic hydroxyl groups excluding tert-OH is 2. The van der Waals surface area contributed by atoms with Crippen molar-refractivity contribution in [2.45, 2.75) is 30.6 Å². The maximum absolute atomic E-state index is 13.9. The number of likely N-dealkylation sites (N-methyl/N-ethyl adjacent to an activating group) is 1. The SMILES string of the molecule is CN(C)[C@H]1C(O)C(C(N)=O)C(=O)[C@]2(O)C(=O)C3=C(O)c4c(O)ccc(-c5ccc(C=O)cc5)c4C[C@@H]3C[C@H]12. The minimum absolute atomic E-state index is 0.0162. The smallest absolute Gasteiger partial charge is 0.230 e. The zero-order valence-electron chi connectivity index (χ0n) is 20.8. The highest BCUT2D eigenvalue weighted by Crippen LogP contribution is 2.53. The van der Waals surface area contributed by atoms with Gasteiger partial charge in [0.25, 0.3) is 0 Å². The van der Waals surface area contributed by atoms with Gasteiger partial charge in [0.05, 0.1) is 11.7 Å². The summed E-state index contributed by atoms with van der Waals surface area (Å²) in [5.41, 5.74) is 4.95. The maximum atomic E-state index is 13.9. The van der Waals surface area contributed by atoms with Crippen LogP contribution in [0.1, 0.15) is 27.9 Å². The number of primary amides is 1. The van der Waals surface area contributed by atoms with E-state index >= 15 is 0 Å². The summed E-state index contributed by atoms with van der Waals surface area (Å²) in [6.07, 6.45) is -0.595. The van der Waals surface area contributed by atoms with Crippen molar-refractivity contribution in [3.05, 3.63) is 58.7 Å². The number of carbonyl (C=O) groups excluding carboxylic acids is 4. The van der Waals surface area contributed by atoms with Crippen LogP contribution in [0, 0.1) is 17.8 Å². The lowest BCUT2D eigenvalue weighted by Crippen LogP contribution is -2.73. The summed E-state index contributed by atoms with van der Waals surface area (Å²) < 4.78 is 0. The molecule has 6 N–H and O–H groups in total. The van der Waals surface area contributed by atoms with Gasteiger partial charge in [-0.15, -0.1) is 0 Å². The molecule has 2 fully saturated rings. The number of aliphatic hydroxyl groups is 3. The van der Waals surface area contributed by atoms with Gasteiger partial charge in [0.2, 0.25) is 11.7 Å². The number of aldehydes is 1. The summed E-state index contributed by atoms with van der Waals surface area (Å²) in [7, 11) is 3.20. The summed E-state index contributed by atoms with van der Waals surface area (Å²) in [4.78, 5) is 52.0. The molecule has 2 aromatic rings. The molecule has 10 nitrogen and oxygen atoms in total. The van der Waals surface area contributed by atoms with Crippen molar-refractivity contribution in [3.63, 3.8) is 0 Å². The van der Waals surface area contributed by atoms with E-state index in [1.54, 1.807) is 49.3 Å². The predicted molar refractivity (Wildman–Crippen MR) is 135 cm³/mol. The van der Waals surface area contributed by atoms with E-state index < -0.39 is 58.7 Å². The molecule has 10 heteroatoms. The third kappa shape index (κ3) is 3.44. The highest BCUT2D eigenvalue weighted by atomic mass is 16.3. The third-order valence-electron chi connectivity index (χ3n) is 8.33. The molecule has 2 unspecified atom stereocenters. The van der Waals surface area contributed by atoms with E-state index in [-0.39, 0.29) is 29.7 Å². The lowest BCUT2D eigenvalue weighted by Gasteiger charge is -2.53. The molecule has 38 heavy (non-hydrogen) atoms. The lowest BCUT2D eigenvalue weighted by atomic mass is 9.54. The average molecular weight is 521 g/mol. The fourth-order valence-electron chi connectivity index (χ4n) is 6.62. The van der Waals surface area contributed by atoms with Gasteiger partial charge in [0.15, 0.2) is 11.4 Å². The van der Waals surface area contributed by atoms with Crippen LogP contribution in [-0.4, -0.2) is 80.9 Å². The number of Topliss-reactive ketones (excluding diaryl/α,β-unsaturated/α-hetero) is 2. The summed E-state index contributed by atoms with van der Waals surface area (Å²) in [5, 5.41) is 44.6. The Morgan fingerprint density at radius 2 is 1.76 bits per heavy atom. The van der Waals surface area contributed by atoms with Crippen molar-refractivity contribution in [3.8, 4) is 16.9 Å². The number of carbonyl (C=O) groups is 4. The number of fused-ring (bicyclic) bond motifs is 3. The number of phenolic OH excluding ortho intramolecular Hbond substituents is 1. The first-order valence-corrected chi connectivity index (χ1v) is 12.2. The largest absolute Gasteiger partial charge is 0.507 e. The highest BCUT2D eigenvalue weighted by Gasteiger charge is 2.67. The van der Waals surface area contributed by atoms with Gasteiger partial charge in [-0.25, -0.2) is 0 Å². The molecule has 6 atom stereocenters. The van der Waals surface area contributed by atoms with Crippen molar-refractivity contribution in [1.29, 1.82) is 0 Å². The minimum Gasteiger partial charge on any atom is -0.507 e. The molecule has 0 heterocycles. The summed E-state index contributed by atoms with van der Waals surface area (Å²) in [6, 6.07) is 8.85. The van der Waals surface area contributed by atoms with Crippen LogP contribution in [0.3, 0.4) is 0 Å². The molecule has 2 saturated carbocycles. The molecule has 198 valence electrons. The standard InChI is InChI=1S/C28H28N2O8/c1-30(2)22-17-10-14-9-16-15(13-5-3-12(11-31)4-6-13)7-8-18(32)20(16)23(33)19(14)25(35)28(17,38)26(36)21(24(22)34)27(29)37/h3-8,11,14,17,21-22,24,32-34,38H,9-10H2,1-2H3,(H2,29,37)/t14-,17-,21?,22-,24?,28-/m1/s1. The average Bonchev–Trinajstić information content (AvgIpc) is 2.86. The van der Waals surface area contributed by atoms with Crippen molar-refractivity contribution >= 4 is 29.5 Å². The molecule has 3 aliphatic rings. The number of hydrogen-bond acceptors (Lipinski definition) is 9. The monoisotopic (exact) mass is 520 g/mol. The van der Waals surface area contributed by atoms with Crippen LogP contribution < -0.4 is 5.73 Å². The van der Waals surface area contributed by atoms with E-state index in [4.69, 9.17) is 5.73 Å². The Bertz CT molecular complexity index is 1410. The van der Waals surface area contributed by atoms with Crippen LogP contribution in [-0.2, 0) is 20.8 Å². The topological polar surface area (TPSA) is 178 Å². The fourth-order valence-corrected chi connectivity index (χ4v) is 6.62. The molecule has 0 aromatic heterocycles. The van der Waals surface area contributed by atoms with Crippen molar-refractivity contribution in [2.24, 2.45) is 23.5 Å². The molecule has 5 rings (SSSR count). The van der Waals surface area contributed by atoms with Crippen molar-refractivity contribution < 1.29 is 39.6 Å². The van der Waals surface area contributed by atoms with Crippen LogP contribution in [0.15, 0.2) is 42.0 Å². The first-order valence-electron chi connectivity index (χ1n) is 12.2. The van der Waals surface area contributed by atoms with E-state index in [0.29, 0.717) is 16.7 Å². The Kier molecular flexibility index (Phi) is 6.01. The number of aromatic hydroxyl groups is 1. The quantitative estimate of drug-likeness (QED) is 0.285. The Morgan fingerprint density at radius 3 is 2.34 bits per heavy atom. The summed E-state index contributed by atoms with van der Waals surface area (Å²) in [6.45, 7) is 0. The van der Waals surface area contributed by atoms with Crippen LogP contribution in [0.5, 0.6) is 5.75 Å². The number of nitrogens with two attached hydrogens (primary N) is 1. The van der Waals surface area contributed by atoms with Crippen LogP contribution in [0.4, 0.5) is 0 Å². The zero-order chi connectivity index (χ0) is 27.7. The molecule has 1 amide bonds.